The number of anilines is 1. The van der Waals surface area contributed by atoms with Crippen LogP contribution in [0.3, 0.4) is 0 Å². The highest BCUT2D eigenvalue weighted by Crippen LogP contribution is 2.43. The van der Waals surface area contributed by atoms with E-state index in [-0.39, 0.29) is 36.3 Å². The maximum absolute atomic E-state index is 13.2. The minimum Gasteiger partial charge on any atom is -0.496 e. The molecule has 1 aliphatic heterocycles. The number of amides is 2. The van der Waals surface area contributed by atoms with Crippen molar-refractivity contribution in [3.05, 3.63) is 59.7 Å². The smallest absolute Gasteiger partial charge is 0.227 e. The summed E-state index contributed by atoms with van der Waals surface area (Å²) in [7, 11) is -1.63. The van der Waals surface area contributed by atoms with E-state index >= 15 is 0 Å². The first-order valence-electron chi connectivity index (χ1n) is 10.8. The van der Waals surface area contributed by atoms with Crippen LogP contribution >= 0.6 is 0 Å². The summed E-state index contributed by atoms with van der Waals surface area (Å²) in [6.45, 7) is 3.60. The van der Waals surface area contributed by atoms with Crippen LogP contribution in [0.1, 0.15) is 36.9 Å². The van der Waals surface area contributed by atoms with Gasteiger partial charge >= 0.3 is 0 Å². The molecule has 0 saturated carbocycles. The fourth-order valence-electron chi connectivity index (χ4n) is 4.05. The summed E-state index contributed by atoms with van der Waals surface area (Å²) >= 11 is 0. The van der Waals surface area contributed by atoms with Gasteiger partial charge in [0, 0.05) is 30.0 Å². The van der Waals surface area contributed by atoms with Crippen LogP contribution in [0.5, 0.6) is 5.75 Å². The number of methoxy groups -OCH3 is 1. The highest BCUT2D eigenvalue weighted by molar-refractivity contribution is 7.91. The van der Waals surface area contributed by atoms with Crippen LogP contribution in [-0.2, 0) is 19.4 Å². The fraction of sp³-hybridized carbons (Fsp3) is 0.417. The maximum Gasteiger partial charge on any atom is 0.227 e. The first-order chi connectivity index (χ1) is 15.3. The summed E-state index contributed by atoms with van der Waals surface area (Å²) in [6, 6.07) is 14.4. The van der Waals surface area contributed by atoms with Crippen LogP contribution in [0.25, 0.3) is 0 Å². The van der Waals surface area contributed by atoms with Crippen LogP contribution in [0, 0.1) is 12.8 Å². The molecule has 2 aromatic carbocycles. The van der Waals surface area contributed by atoms with Gasteiger partial charge in [0.15, 0.2) is 9.84 Å². The second kappa shape index (κ2) is 10.2. The molecule has 2 amide bonds. The molecule has 0 spiro atoms. The first-order valence-corrected chi connectivity index (χ1v) is 12.6. The molecule has 172 valence electrons. The molecule has 32 heavy (non-hydrogen) atoms. The van der Waals surface area contributed by atoms with E-state index in [9.17, 15) is 18.0 Å². The van der Waals surface area contributed by atoms with Gasteiger partial charge in [0.05, 0.1) is 24.8 Å². The zero-order valence-electron chi connectivity index (χ0n) is 18.7. The number of rotatable bonds is 8. The van der Waals surface area contributed by atoms with Gasteiger partial charge in [0.1, 0.15) is 5.75 Å². The van der Waals surface area contributed by atoms with E-state index in [1.807, 2.05) is 55.5 Å². The number of ether oxygens (including phenoxy) is 1. The third kappa shape index (κ3) is 5.30. The number of hydrogen-bond donors (Lipinski definition) is 1. The lowest BCUT2D eigenvalue weighted by Crippen LogP contribution is -2.49. The van der Waals surface area contributed by atoms with Gasteiger partial charge in [-0.25, -0.2) is 8.42 Å². The van der Waals surface area contributed by atoms with E-state index in [1.165, 1.54) is 0 Å². The van der Waals surface area contributed by atoms with Crippen molar-refractivity contribution in [1.29, 1.82) is 0 Å². The molecular formula is C24H30N2O5S. The van der Waals surface area contributed by atoms with Crippen molar-refractivity contribution in [3.63, 3.8) is 0 Å². The van der Waals surface area contributed by atoms with E-state index in [1.54, 1.807) is 18.9 Å². The average Bonchev–Trinajstić information content (AvgIpc) is 2.79. The van der Waals surface area contributed by atoms with E-state index in [0.29, 0.717) is 17.9 Å². The third-order valence-corrected chi connectivity index (χ3v) is 7.56. The maximum atomic E-state index is 13.2. The summed E-state index contributed by atoms with van der Waals surface area (Å²) in [4.78, 5) is 28.0. The molecule has 2 unspecified atom stereocenters. The second-order valence-corrected chi connectivity index (χ2v) is 10.4. The molecule has 1 saturated heterocycles. The Bertz CT molecular complexity index is 1070. The molecule has 0 bridgehead atoms. The van der Waals surface area contributed by atoms with Crippen LogP contribution in [0.2, 0.25) is 0 Å². The normalized spacial score (nSPS) is 19.0. The molecule has 0 radical (unpaired) electrons. The van der Waals surface area contributed by atoms with Gasteiger partial charge in [-0.05, 0) is 31.5 Å². The van der Waals surface area contributed by atoms with Crippen molar-refractivity contribution in [2.45, 2.75) is 32.7 Å². The molecule has 1 heterocycles. The number of piperidine rings is 1. The predicted octanol–water partition coefficient (Wildman–Crippen LogP) is 3.04. The lowest BCUT2D eigenvalue weighted by atomic mass is 9.82. The zero-order valence-corrected chi connectivity index (χ0v) is 19.5. The van der Waals surface area contributed by atoms with Gasteiger partial charge in [0.2, 0.25) is 11.8 Å². The Morgan fingerprint density at radius 3 is 2.50 bits per heavy atom. The fourth-order valence-corrected chi connectivity index (χ4v) is 4.75. The quantitative estimate of drug-likeness (QED) is 0.656. The number of carbonyl (C=O) groups is 2. The van der Waals surface area contributed by atoms with E-state index in [4.69, 9.17) is 4.74 Å². The van der Waals surface area contributed by atoms with Gasteiger partial charge < -0.3 is 15.0 Å². The Kier molecular flexibility index (Phi) is 7.56. The molecule has 1 N–H and O–H groups in total. The summed E-state index contributed by atoms with van der Waals surface area (Å²) in [5.41, 5.74) is 2.52. The van der Waals surface area contributed by atoms with Crippen molar-refractivity contribution in [2.75, 3.05) is 30.1 Å². The number of nitrogens with zero attached hydrogens (tertiary/aromatic N) is 1. The molecule has 3 rings (SSSR count). The monoisotopic (exact) mass is 458 g/mol. The summed E-state index contributed by atoms with van der Waals surface area (Å²) < 4.78 is 29.2. The van der Waals surface area contributed by atoms with Crippen LogP contribution < -0.4 is 15.0 Å². The number of para-hydroxylation sites is 1. The van der Waals surface area contributed by atoms with Gasteiger partial charge in [-0.2, -0.15) is 0 Å². The number of benzene rings is 2. The molecule has 2 atom stereocenters. The van der Waals surface area contributed by atoms with Crippen molar-refractivity contribution < 1.29 is 22.7 Å². The van der Waals surface area contributed by atoms with Gasteiger partial charge in [-0.1, -0.05) is 42.8 Å². The molecule has 7 nitrogen and oxygen atoms in total. The third-order valence-electron chi connectivity index (χ3n) is 5.86. The minimum absolute atomic E-state index is 0.0336. The predicted molar refractivity (Wildman–Crippen MR) is 124 cm³/mol. The lowest BCUT2D eigenvalue weighted by molar-refractivity contribution is -0.129. The lowest BCUT2D eigenvalue weighted by Gasteiger charge is -2.41. The Balaban J connectivity index is 1.98. The molecule has 0 aromatic heterocycles. The summed E-state index contributed by atoms with van der Waals surface area (Å²) in [6.07, 6.45) is 0.598. The minimum atomic E-state index is -3.19. The zero-order chi connectivity index (χ0) is 23.3. The Labute approximate surface area is 189 Å². The number of nitrogens with one attached hydrogen (secondary N) is 1. The van der Waals surface area contributed by atoms with Crippen molar-refractivity contribution in [2.24, 2.45) is 5.92 Å². The molecule has 0 aliphatic carbocycles. The van der Waals surface area contributed by atoms with Crippen molar-refractivity contribution in [1.82, 2.24) is 5.32 Å². The average molecular weight is 459 g/mol. The summed E-state index contributed by atoms with van der Waals surface area (Å²) in [5.74, 6) is -0.363. The molecule has 2 aromatic rings. The molecule has 1 fully saturated rings. The van der Waals surface area contributed by atoms with E-state index in [0.717, 1.165) is 11.1 Å². The second-order valence-electron chi connectivity index (χ2n) is 7.96. The highest BCUT2D eigenvalue weighted by atomic mass is 32.2. The Morgan fingerprint density at radius 1 is 1.16 bits per heavy atom. The Morgan fingerprint density at radius 2 is 1.84 bits per heavy atom. The van der Waals surface area contributed by atoms with Crippen LogP contribution in [-0.4, -0.2) is 45.4 Å². The standard InChI is InChI=1S/C24H30N2O5S/c1-4-32(29,30)16-15-25-24(28)20-13-14-22(27)26(18-11-9-17(2)10-12-18)23(20)19-7-5-6-8-21(19)31-3/h5-12,20,23H,4,13-16H2,1-3H3,(H,25,28). The SMILES string of the molecule is CCS(=O)(=O)CCNC(=O)C1CCC(=O)N(c2ccc(C)cc2)C1c1ccccc1OC. The van der Waals surface area contributed by atoms with Crippen molar-refractivity contribution in [3.8, 4) is 5.75 Å². The first kappa shape index (κ1) is 23.8. The molecule has 8 heteroatoms. The topological polar surface area (TPSA) is 92.8 Å². The van der Waals surface area contributed by atoms with Crippen LogP contribution in [0.15, 0.2) is 48.5 Å². The summed E-state index contributed by atoms with van der Waals surface area (Å²) in [5, 5.41) is 2.78. The Hall–Kier alpha value is -2.87. The highest BCUT2D eigenvalue weighted by Gasteiger charge is 2.42. The van der Waals surface area contributed by atoms with E-state index in [2.05, 4.69) is 5.32 Å². The molecule has 1 aliphatic rings. The van der Waals surface area contributed by atoms with Crippen LogP contribution in [0.4, 0.5) is 5.69 Å². The van der Waals surface area contributed by atoms with Gasteiger partial charge in [0.25, 0.3) is 0 Å². The van der Waals surface area contributed by atoms with Gasteiger partial charge in [-0.15, -0.1) is 0 Å². The number of aryl methyl sites for hydroxylation is 1. The number of carbonyl (C=O) groups excluding carboxylic acids is 2. The van der Waals surface area contributed by atoms with E-state index < -0.39 is 21.8 Å². The van der Waals surface area contributed by atoms with Gasteiger partial charge in [-0.3, -0.25) is 9.59 Å². The molecular weight excluding hydrogens is 428 g/mol. The van der Waals surface area contributed by atoms with Crippen molar-refractivity contribution >= 4 is 27.3 Å². The number of sulfone groups is 1. The number of hydrogen-bond acceptors (Lipinski definition) is 5. The largest absolute Gasteiger partial charge is 0.496 e.